The molecule has 3 rings (SSSR count). The van der Waals surface area contributed by atoms with Crippen molar-refractivity contribution in [1.29, 1.82) is 0 Å². The Bertz CT molecular complexity index is 760. The second-order valence-electron chi connectivity index (χ2n) is 5.67. The van der Waals surface area contributed by atoms with E-state index in [0.29, 0.717) is 17.0 Å². The lowest BCUT2D eigenvalue weighted by Crippen LogP contribution is -2.71. The monoisotopic (exact) mass is 363 g/mol. The van der Waals surface area contributed by atoms with Gasteiger partial charge in [-0.05, 0) is 5.57 Å². The number of rotatable bonds is 6. The van der Waals surface area contributed by atoms with Gasteiger partial charge in [0.05, 0.1) is 12.4 Å². The highest BCUT2D eigenvalue weighted by molar-refractivity contribution is 8.00. The highest BCUT2D eigenvalue weighted by Crippen LogP contribution is 2.40. The van der Waals surface area contributed by atoms with Gasteiger partial charge in [0.15, 0.2) is 0 Å². The largest absolute Gasteiger partial charge is 0.477 e. The molecule has 0 unspecified atom stereocenters. The molecule has 0 spiro atoms. The summed E-state index contributed by atoms with van der Waals surface area (Å²) in [4.78, 5) is 43.9. The first kappa shape index (κ1) is 17.2. The second-order valence-corrected chi connectivity index (χ2v) is 6.77. The number of nitrogens with one attached hydrogen (secondary N) is 2. The van der Waals surface area contributed by atoms with Gasteiger partial charge in [-0.1, -0.05) is 12.7 Å². The van der Waals surface area contributed by atoms with Crippen molar-refractivity contribution in [1.82, 2.24) is 20.2 Å². The molecule has 5 N–H and O–H groups in total. The maximum Gasteiger partial charge on any atom is 0.352 e. The Labute approximate surface area is 147 Å². The van der Waals surface area contributed by atoms with Crippen LogP contribution in [0.15, 0.2) is 36.4 Å². The van der Waals surface area contributed by atoms with Crippen LogP contribution in [-0.2, 0) is 20.8 Å². The molecule has 2 amide bonds. The Kier molecular flexibility index (Phi) is 4.64. The van der Waals surface area contributed by atoms with Gasteiger partial charge in [0.1, 0.15) is 17.1 Å². The lowest BCUT2D eigenvalue weighted by molar-refractivity contribution is -0.150. The fourth-order valence-corrected chi connectivity index (χ4v) is 4.13. The Hall–Kier alpha value is -2.59. The third-order valence-electron chi connectivity index (χ3n) is 4.08. The van der Waals surface area contributed by atoms with Crippen LogP contribution in [0.25, 0.3) is 0 Å². The molecule has 2 aliphatic rings. The number of hydrogen-bond donors (Lipinski definition) is 4. The predicted octanol–water partition coefficient (Wildman–Crippen LogP) is -0.796. The fourth-order valence-electron chi connectivity index (χ4n) is 2.79. The first-order valence-electron chi connectivity index (χ1n) is 7.50. The number of carboxylic acid groups (broad SMARTS) is 1. The van der Waals surface area contributed by atoms with Gasteiger partial charge in [0, 0.05) is 24.1 Å². The van der Waals surface area contributed by atoms with Crippen LogP contribution in [0.2, 0.25) is 0 Å². The van der Waals surface area contributed by atoms with E-state index in [2.05, 4.69) is 21.9 Å². The quantitative estimate of drug-likeness (QED) is 0.485. The van der Waals surface area contributed by atoms with E-state index in [-0.39, 0.29) is 12.1 Å². The molecule has 0 aliphatic carbocycles. The van der Waals surface area contributed by atoms with Crippen molar-refractivity contribution in [3.8, 4) is 0 Å². The van der Waals surface area contributed by atoms with E-state index in [0.717, 1.165) is 0 Å². The summed E-state index contributed by atoms with van der Waals surface area (Å²) < 4.78 is 0. The lowest BCUT2D eigenvalue weighted by Gasteiger charge is -2.49. The molecule has 132 valence electrons. The lowest BCUT2D eigenvalue weighted by atomic mass is 10.0. The number of aliphatic carboxylic acids is 1. The first-order valence-corrected chi connectivity index (χ1v) is 8.55. The van der Waals surface area contributed by atoms with Crippen molar-refractivity contribution in [3.05, 3.63) is 42.1 Å². The topological polar surface area (TPSA) is 141 Å². The smallest absolute Gasteiger partial charge is 0.352 e. The Balaban J connectivity index is 1.67. The molecular formula is C15H17N5O4S. The molecule has 1 fully saturated rings. The Morgan fingerprint density at radius 1 is 1.64 bits per heavy atom. The van der Waals surface area contributed by atoms with Crippen LogP contribution >= 0.6 is 11.8 Å². The van der Waals surface area contributed by atoms with Crippen LogP contribution < -0.4 is 11.1 Å². The van der Waals surface area contributed by atoms with Crippen LogP contribution in [0.1, 0.15) is 5.69 Å². The van der Waals surface area contributed by atoms with E-state index >= 15 is 0 Å². The maximum atomic E-state index is 12.4. The highest BCUT2D eigenvalue weighted by Gasteiger charge is 2.54. The molecule has 0 aromatic carbocycles. The molecule has 3 heterocycles. The summed E-state index contributed by atoms with van der Waals surface area (Å²) in [5.74, 6) is -1.71. The number of aromatic amines is 1. The average molecular weight is 363 g/mol. The predicted molar refractivity (Wildman–Crippen MR) is 90.1 cm³/mol. The molecule has 3 atom stereocenters. The minimum atomic E-state index is -1.19. The van der Waals surface area contributed by atoms with Crippen molar-refractivity contribution in [2.75, 3.05) is 5.75 Å². The molecule has 1 aromatic heterocycles. The third kappa shape index (κ3) is 3.05. The van der Waals surface area contributed by atoms with Gasteiger partial charge in [0.2, 0.25) is 5.91 Å². The van der Waals surface area contributed by atoms with E-state index in [1.54, 1.807) is 6.20 Å². The van der Waals surface area contributed by atoms with Crippen molar-refractivity contribution in [2.45, 2.75) is 23.9 Å². The van der Waals surface area contributed by atoms with Gasteiger partial charge in [-0.15, -0.1) is 11.8 Å². The number of allylic oxidation sites excluding steroid dienone is 1. The molecule has 25 heavy (non-hydrogen) atoms. The van der Waals surface area contributed by atoms with Crippen molar-refractivity contribution in [3.63, 3.8) is 0 Å². The van der Waals surface area contributed by atoms with E-state index in [9.17, 15) is 19.5 Å². The first-order chi connectivity index (χ1) is 11.9. The van der Waals surface area contributed by atoms with Gasteiger partial charge in [-0.25, -0.2) is 9.78 Å². The number of thioether (sulfide) groups is 1. The standard InChI is InChI=1S/C15H17N5O4S/c1-2-7-5-25-14-10(13(22)20(14)11(7)15(23)24)19-12(21)9(16)3-8-4-17-6-18-8/h2,4,6,9-10,14H,1,3,5,16H2,(H,17,18)(H,19,21)(H,23,24)/t9-,10+,14+/m0/s1. The number of β-lactam (4-membered cyclic amide) rings is 1. The normalized spacial score (nSPS) is 23.6. The number of carbonyl (C=O) groups is 3. The molecule has 0 saturated carbocycles. The van der Waals surface area contributed by atoms with Gasteiger partial charge < -0.3 is 21.1 Å². The number of hydrogen-bond acceptors (Lipinski definition) is 6. The number of aromatic nitrogens is 2. The van der Waals surface area contributed by atoms with Crippen LogP contribution in [0.5, 0.6) is 0 Å². The van der Waals surface area contributed by atoms with E-state index in [4.69, 9.17) is 5.73 Å². The number of nitrogens with two attached hydrogens (primary N) is 1. The van der Waals surface area contributed by atoms with Crippen molar-refractivity contribution >= 4 is 29.5 Å². The maximum absolute atomic E-state index is 12.4. The molecule has 0 radical (unpaired) electrons. The fraction of sp³-hybridized carbons (Fsp3) is 0.333. The number of amides is 2. The third-order valence-corrected chi connectivity index (χ3v) is 5.38. The van der Waals surface area contributed by atoms with Gasteiger partial charge in [-0.2, -0.15) is 0 Å². The molecule has 1 aromatic rings. The molecule has 2 aliphatic heterocycles. The van der Waals surface area contributed by atoms with Gasteiger partial charge in [-0.3, -0.25) is 14.5 Å². The van der Waals surface area contributed by atoms with Gasteiger partial charge >= 0.3 is 5.97 Å². The molecule has 9 nitrogen and oxygen atoms in total. The summed E-state index contributed by atoms with van der Waals surface area (Å²) in [7, 11) is 0. The Morgan fingerprint density at radius 3 is 3.00 bits per heavy atom. The molecule has 10 heteroatoms. The van der Waals surface area contributed by atoms with Gasteiger partial charge in [0.25, 0.3) is 5.91 Å². The molecule has 1 saturated heterocycles. The zero-order valence-corrected chi connectivity index (χ0v) is 14.0. The zero-order chi connectivity index (χ0) is 18.1. The minimum absolute atomic E-state index is 0.0731. The van der Waals surface area contributed by atoms with E-state index in [1.165, 1.54) is 29.1 Å². The average Bonchev–Trinajstić information content (AvgIpc) is 3.10. The van der Waals surface area contributed by atoms with E-state index in [1.807, 2.05) is 0 Å². The summed E-state index contributed by atoms with van der Waals surface area (Å²) in [5, 5.41) is 11.5. The van der Waals surface area contributed by atoms with Crippen LogP contribution in [0.4, 0.5) is 0 Å². The summed E-state index contributed by atoms with van der Waals surface area (Å²) in [6.07, 6.45) is 4.76. The number of carboxylic acids is 1. The van der Waals surface area contributed by atoms with Crippen LogP contribution in [0.3, 0.4) is 0 Å². The molecule has 0 bridgehead atoms. The summed E-state index contributed by atoms with van der Waals surface area (Å²) in [6.45, 7) is 3.58. The molecular weight excluding hydrogens is 346 g/mol. The van der Waals surface area contributed by atoms with Crippen molar-refractivity contribution in [2.24, 2.45) is 5.73 Å². The highest BCUT2D eigenvalue weighted by atomic mass is 32.2. The van der Waals surface area contributed by atoms with E-state index < -0.39 is 35.2 Å². The number of carbonyl (C=O) groups excluding carboxylic acids is 2. The summed E-state index contributed by atoms with van der Waals surface area (Å²) in [5.41, 5.74) is 6.99. The summed E-state index contributed by atoms with van der Waals surface area (Å²) in [6, 6.07) is -1.62. The number of imidazole rings is 1. The van der Waals surface area contributed by atoms with Crippen LogP contribution in [0, 0.1) is 0 Å². The number of H-pyrrole nitrogens is 1. The van der Waals surface area contributed by atoms with Crippen molar-refractivity contribution < 1.29 is 19.5 Å². The SMILES string of the molecule is C=CC1=C(C(=O)O)N2C(=O)[C@@H](NC(=O)[C@@H](N)Cc3cnc[nH]3)[C@H]2SC1. The summed E-state index contributed by atoms with van der Waals surface area (Å²) >= 11 is 1.38. The zero-order valence-electron chi connectivity index (χ0n) is 13.1. The minimum Gasteiger partial charge on any atom is -0.477 e. The number of nitrogens with zero attached hydrogens (tertiary/aromatic N) is 2. The number of fused-ring (bicyclic) bond motifs is 1. The second kappa shape index (κ2) is 6.73. The van der Waals surface area contributed by atoms with Crippen LogP contribution in [-0.4, -0.2) is 61.0 Å². The Morgan fingerprint density at radius 2 is 2.40 bits per heavy atom.